The zero-order valence-electron chi connectivity index (χ0n) is 14.1. The molecule has 8 heteroatoms. The highest BCUT2D eigenvalue weighted by Crippen LogP contribution is 2.21. The van der Waals surface area contributed by atoms with Gasteiger partial charge < -0.3 is 15.7 Å². The summed E-state index contributed by atoms with van der Waals surface area (Å²) in [4.78, 5) is 12.4. The maximum absolute atomic E-state index is 12.5. The van der Waals surface area contributed by atoms with Gasteiger partial charge in [-0.25, -0.2) is 13.1 Å². The minimum Gasteiger partial charge on any atom is -0.391 e. The van der Waals surface area contributed by atoms with Crippen molar-refractivity contribution in [1.82, 2.24) is 15.4 Å². The molecule has 2 aliphatic rings. The lowest BCUT2D eigenvalue weighted by molar-refractivity contribution is 0.0927. The van der Waals surface area contributed by atoms with Gasteiger partial charge in [-0.05, 0) is 31.0 Å². The van der Waals surface area contributed by atoms with Crippen LogP contribution in [0.1, 0.15) is 36.0 Å². The standard InChI is InChI=1S/C17H25N3O4S/c21-16-11-18-9-13(16)10-19-17(22)12-4-3-7-15(8-12)25(23,24)20-14-5-1-2-6-14/h3-4,7-8,13-14,16,18,20-21H,1-2,5-6,9-11H2,(H,19,22). The molecule has 2 atom stereocenters. The van der Waals surface area contributed by atoms with Gasteiger partial charge in [0.25, 0.3) is 5.91 Å². The number of amides is 1. The van der Waals surface area contributed by atoms with Crippen molar-refractivity contribution < 1.29 is 18.3 Å². The van der Waals surface area contributed by atoms with E-state index in [9.17, 15) is 18.3 Å². The third-order valence-electron chi connectivity index (χ3n) is 4.91. The monoisotopic (exact) mass is 367 g/mol. The zero-order valence-corrected chi connectivity index (χ0v) is 14.9. The smallest absolute Gasteiger partial charge is 0.251 e. The number of benzene rings is 1. The number of carbonyl (C=O) groups excluding carboxylic acids is 1. The van der Waals surface area contributed by atoms with E-state index in [2.05, 4.69) is 15.4 Å². The molecule has 1 aliphatic heterocycles. The molecule has 1 aliphatic carbocycles. The number of hydrogen-bond acceptors (Lipinski definition) is 5. The summed E-state index contributed by atoms with van der Waals surface area (Å²) < 4.78 is 27.7. The van der Waals surface area contributed by atoms with Crippen LogP contribution in [-0.2, 0) is 10.0 Å². The first-order chi connectivity index (χ1) is 12.0. The molecule has 0 radical (unpaired) electrons. The molecule has 3 rings (SSSR count). The summed E-state index contributed by atoms with van der Waals surface area (Å²) in [5.74, 6) is -0.364. The van der Waals surface area contributed by atoms with Gasteiger partial charge in [0, 0.05) is 37.2 Å². The number of nitrogens with one attached hydrogen (secondary N) is 3. The van der Waals surface area contributed by atoms with Gasteiger partial charge in [-0.15, -0.1) is 0 Å². The molecule has 1 saturated carbocycles. The van der Waals surface area contributed by atoms with E-state index < -0.39 is 16.1 Å². The Labute approximate surface area is 148 Å². The topological polar surface area (TPSA) is 108 Å². The molecule has 1 aromatic rings. The van der Waals surface area contributed by atoms with Crippen LogP contribution in [0.15, 0.2) is 29.2 Å². The van der Waals surface area contributed by atoms with Crippen LogP contribution in [-0.4, -0.2) is 51.2 Å². The fourth-order valence-electron chi connectivity index (χ4n) is 3.39. The van der Waals surface area contributed by atoms with Crippen LogP contribution in [0.25, 0.3) is 0 Å². The van der Waals surface area contributed by atoms with Crippen LogP contribution in [0.4, 0.5) is 0 Å². The lowest BCUT2D eigenvalue weighted by Gasteiger charge is -2.15. The van der Waals surface area contributed by atoms with Gasteiger partial charge in [-0.1, -0.05) is 18.9 Å². The molecule has 0 bridgehead atoms. The minimum atomic E-state index is -3.62. The third-order valence-corrected chi connectivity index (χ3v) is 6.43. The molecule has 1 amide bonds. The fourth-order valence-corrected chi connectivity index (χ4v) is 4.74. The minimum absolute atomic E-state index is 0.0150. The van der Waals surface area contributed by atoms with E-state index in [0.29, 0.717) is 25.2 Å². The summed E-state index contributed by atoms with van der Waals surface area (Å²) in [5, 5.41) is 15.6. The SMILES string of the molecule is O=C(NCC1CNCC1O)c1cccc(S(=O)(=O)NC2CCCC2)c1. The number of carbonyl (C=O) groups is 1. The normalized spacial score (nSPS) is 24.5. The highest BCUT2D eigenvalue weighted by Gasteiger charge is 2.26. The molecule has 4 N–H and O–H groups in total. The maximum Gasteiger partial charge on any atom is 0.251 e. The van der Waals surface area contributed by atoms with Gasteiger partial charge in [0.15, 0.2) is 0 Å². The predicted octanol–water partition coefficient (Wildman–Crippen LogP) is 0.218. The van der Waals surface area contributed by atoms with Gasteiger partial charge >= 0.3 is 0 Å². The Bertz CT molecular complexity index is 716. The van der Waals surface area contributed by atoms with Gasteiger partial charge in [0.1, 0.15) is 0 Å². The first-order valence-electron chi connectivity index (χ1n) is 8.75. The largest absolute Gasteiger partial charge is 0.391 e. The summed E-state index contributed by atoms with van der Waals surface area (Å²) >= 11 is 0. The van der Waals surface area contributed by atoms with Crippen LogP contribution in [0.5, 0.6) is 0 Å². The second kappa shape index (κ2) is 7.82. The van der Waals surface area contributed by atoms with E-state index in [-0.39, 0.29) is 22.8 Å². The van der Waals surface area contributed by atoms with Gasteiger partial charge in [0.05, 0.1) is 11.0 Å². The molecule has 0 spiro atoms. The quantitative estimate of drug-likeness (QED) is 0.575. The summed E-state index contributed by atoms with van der Waals surface area (Å²) in [6.07, 6.45) is 3.33. The van der Waals surface area contributed by atoms with Crippen molar-refractivity contribution in [3.63, 3.8) is 0 Å². The second-order valence-electron chi connectivity index (χ2n) is 6.83. The summed E-state index contributed by atoms with van der Waals surface area (Å²) in [6, 6.07) is 6.05. The third kappa shape index (κ3) is 4.58. The molecule has 25 heavy (non-hydrogen) atoms. The molecule has 1 aromatic carbocycles. The van der Waals surface area contributed by atoms with E-state index in [1.165, 1.54) is 12.1 Å². The van der Waals surface area contributed by atoms with Crippen molar-refractivity contribution in [2.75, 3.05) is 19.6 Å². The highest BCUT2D eigenvalue weighted by molar-refractivity contribution is 7.89. The second-order valence-corrected chi connectivity index (χ2v) is 8.54. The Balaban J connectivity index is 1.64. The van der Waals surface area contributed by atoms with E-state index >= 15 is 0 Å². The van der Waals surface area contributed by atoms with E-state index in [4.69, 9.17) is 0 Å². The fraction of sp³-hybridized carbons (Fsp3) is 0.588. The lowest BCUT2D eigenvalue weighted by atomic mass is 10.1. The van der Waals surface area contributed by atoms with Crippen molar-refractivity contribution in [2.24, 2.45) is 5.92 Å². The zero-order chi connectivity index (χ0) is 17.9. The molecular formula is C17H25N3O4S. The molecule has 0 aromatic heterocycles. The van der Waals surface area contributed by atoms with Crippen molar-refractivity contribution in [2.45, 2.75) is 42.7 Å². The highest BCUT2D eigenvalue weighted by atomic mass is 32.2. The van der Waals surface area contributed by atoms with E-state index in [1.54, 1.807) is 12.1 Å². The maximum atomic E-state index is 12.5. The van der Waals surface area contributed by atoms with Crippen molar-refractivity contribution in [3.05, 3.63) is 29.8 Å². The average molecular weight is 367 g/mol. The van der Waals surface area contributed by atoms with Crippen LogP contribution >= 0.6 is 0 Å². The van der Waals surface area contributed by atoms with Crippen LogP contribution < -0.4 is 15.4 Å². The Kier molecular flexibility index (Phi) is 5.73. The van der Waals surface area contributed by atoms with Crippen LogP contribution in [0.3, 0.4) is 0 Å². The van der Waals surface area contributed by atoms with E-state index in [0.717, 1.165) is 25.7 Å². The summed E-state index contributed by atoms with van der Waals surface area (Å²) in [5.41, 5.74) is 0.301. The van der Waals surface area contributed by atoms with Crippen LogP contribution in [0, 0.1) is 5.92 Å². The number of hydrogen-bond donors (Lipinski definition) is 4. The number of β-amino-alcohol motifs (C(OH)–C–C–N with tert-alkyl or cyclic N) is 1. The molecule has 138 valence electrons. The summed E-state index contributed by atoms with van der Waals surface area (Å²) in [7, 11) is -3.62. The van der Waals surface area contributed by atoms with Gasteiger partial charge in [-0.3, -0.25) is 4.79 Å². The molecule has 1 heterocycles. The number of sulfonamides is 1. The summed E-state index contributed by atoms with van der Waals surface area (Å²) in [6.45, 7) is 1.53. The molecule has 2 unspecified atom stereocenters. The Morgan fingerprint density at radius 2 is 2.00 bits per heavy atom. The van der Waals surface area contributed by atoms with Gasteiger partial charge in [-0.2, -0.15) is 0 Å². The molecular weight excluding hydrogens is 342 g/mol. The van der Waals surface area contributed by atoms with Gasteiger partial charge in [0.2, 0.25) is 10.0 Å². The number of rotatable bonds is 6. The Morgan fingerprint density at radius 3 is 2.68 bits per heavy atom. The molecule has 7 nitrogen and oxygen atoms in total. The van der Waals surface area contributed by atoms with Crippen molar-refractivity contribution in [1.29, 1.82) is 0 Å². The van der Waals surface area contributed by atoms with Crippen molar-refractivity contribution in [3.8, 4) is 0 Å². The van der Waals surface area contributed by atoms with Crippen LogP contribution in [0.2, 0.25) is 0 Å². The number of aliphatic hydroxyl groups is 1. The van der Waals surface area contributed by atoms with E-state index in [1.807, 2.05) is 0 Å². The molecule has 1 saturated heterocycles. The first kappa shape index (κ1) is 18.3. The Hall–Kier alpha value is -1.48. The first-order valence-corrected chi connectivity index (χ1v) is 10.2. The Morgan fingerprint density at radius 1 is 1.24 bits per heavy atom. The average Bonchev–Trinajstić information content (AvgIpc) is 3.24. The molecule has 2 fully saturated rings. The predicted molar refractivity (Wildman–Crippen MR) is 93.7 cm³/mol. The lowest BCUT2D eigenvalue weighted by Crippen LogP contribution is -2.35. The van der Waals surface area contributed by atoms with Crippen molar-refractivity contribution >= 4 is 15.9 Å². The number of aliphatic hydroxyl groups excluding tert-OH is 1.